The number of carbonyl (C=O) groups excluding carboxylic acids is 1. The first-order valence-corrected chi connectivity index (χ1v) is 9.23. The SMILES string of the molecule is COc1ccc([C@@H]2Cn3nnc(C(=O)N4CCCCCC4)c3CO2)cc1. The number of ether oxygens (including phenoxy) is 2. The van der Waals surface area contributed by atoms with Crippen LogP contribution in [0.4, 0.5) is 0 Å². The van der Waals surface area contributed by atoms with Gasteiger partial charge in [-0.2, -0.15) is 0 Å². The minimum atomic E-state index is -0.101. The fourth-order valence-electron chi connectivity index (χ4n) is 3.62. The Balaban J connectivity index is 1.50. The molecule has 7 nitrogen and oxygen atoms in total. The van der Waals surface area contributed by atoms with E-state index in [1.54, 1.807) is 7.11 Å². The number of amides is 1. The van der Waals surface area contributed by atoms with Crippen molar-refractivity contribution in [3.05, 3.63) is 41.2 Å². The van der Waals surface area contributed by atoms with Gasteiger partial charge in [-0.3, -0.25) is 4.79 Å². The van der Waals surface area contributed by atoms with Crippen molar-refractivity contribution < 1.29 is 14.3 Å². The van der Waals surface area contributed by atoms with Crippen molar-refractivity contribution in [1.29, 1.82) is 0 Å². The van der Waals surface area contributed by atoms with E-state index >= 15 is 0 Å². The molecule has 138 valence electrons. The van der Waals surface area contributed by atoms with Crippen LogP contribution in [-0.2, 0) is 17.9 Å². The van der Waals surface area contributed by atoms with E-state index in [9.17, 15) is 4.79 Å². The summed E-state index contributed by atoms with van der Waals surface area (Å²) in [7, 11) is 1.65. The summed E-state index contributed by atoms with van der Waals surface area (Å²) in [6, 6.07) is 7.83. The quantitative estimate of drug-likeness (QED) is 0.845. The van der Waals surface area contributed by atoms with E-state index in [2.05, 4.69) is 10.3 Å². The topological polar surface area (TPSA) is 69.5 Å². The molecule has 1 saturated heterocycles. The van der Waals surface area contributed by atoms with Crippen LogP contribution in [0.1, 0.15) is 53.5 Å². The third-order valence-corrected chi connectivity index (χ3v) is 5.18. The van der Waals surface area contributed by atoms with E-state index in [-0.39, 0.29) is 12.0 Å². The van der Waals surface area contributed by atoms with Gasteiger partial charge in [-0.05, 0) is 30.5 Å². The molecular formula is C19H24N4O3. The van der Waals surface area contributed by atoms with E-state index in [1.807, 2.05) is 33.8 Å². The molecule has 3 heterocycles. The van der Waals surface area contributed by atoms with Crippen LogP contribution < -0.4 is 4.74 Å². The summed E-state index contributed by atoms with van der Waals surface area (Å²) < 4.78 is 13.0. The van der Waals surface area contributed by atoms with Crippen LogP contribution in [0.5, 0.6) is 5.75 Å². The molecule has 0 N–H and O–H groups in total. The van der Waals surface area contributed by atoms with Gasteiger partial charge in [-0.15, -0.1) is 5.10 Å². The highest BCUT2D eigenvalue weighted by molar-refractivity contribution is 5.93. The van der Waals surface area contributed by atoms with Crippen molar-refractivity contribution in [2.24, 2.45) is 0 Å². The van der Waals surface area contributed by atoms with E-state index in [4.69, 9.17) is 9.47 Å². The number of likely N-dealkylation sites (tertiary alicyclic amines) is 1. The Labute approximate surface area is 152 Å². The van der Waals surface area contributed by atoms with Gasteiger partial charge in [0.1, 0.15) is 11.9 Å². The molecule has 2 aliphatic heterocycles. The van der Waals surface area contributed by atoms with Gasteiger partial charge in [-0.1, -0.05) is 30.2 Å². The molecule has 1 fully saturated rings. The maximum absolute atomic E-state index is 12.8. The van der Waals surface area contributed by atoms with Crippen LogP contribution in [0.25, 0.3) is 0 Å². The minimum absolute atomic E-state index is 0.0142. The summed E-state index contributed by atoms with van der Waals surface area (Å²) in [5.41, 5.74) is 2.29. The van der Waals surface area contributed by atoms with Crippen LogP contribution in [-0.4, -0.2) is 46.0 Å². The van der Waals surface area contributed by atoms with Crippen molar-refractivity contribution in [3.8, 4) is 5.75 Å². The van der Waals surface area contributed by atoms with Crippen LogP contribution in [0.2, 0.25) is 0 Å². The first-order chi connectivity index (χ1) is 12.8. The Morgan fingerprint density at radius 2 is 1.88 bits per heavy atom. The number of rotatable bonds is 3. The molecule has 1 atom stereocenters. The Morgan fingerprint density at radius 1 is 1.15 bits per heavy atom. The van der Waals surface area contributed by atoms with Gasteiger partial charge in [-0.25, -0.2) is 4.68 Å². The van der Waals surface area contributed by atoms with Crippen LogP contribution in [0.15, 0.2) is 24.3 Å². The smallest absolute Gasteiger partial charge is 0.276 e. The second-order valence-corrected chi connectivity index (χ2v) is 6.85. The van der Waals surface area contributed by atoms with E-state index in [0.29, 0.717) is 18.8 Å². The fourth-order valence-corrected chi connectivity index (χ4v) is 3.62. The lowest BCUT2D eigenvalue weighted by atomic mass is 10.1. The van der Waals surface area contributed by atoms with Crippen molar-refractivity contribution >= 4 is 5.91 Å². The summed E-state index contributed by atoms with van der Waals surface area (Å²) in [6.45, 7) is 2.52. The maximum Gasteiger partial charge on any atom is 0.276 e. The summed E-state index contributed by atoms with van der Waals surface area (Å²) in [4.78, 5) is 14.8. The van der Waals surface area contributed by atoms with Gasteiger partial charge < -0.3 is 14.4 Å². The van der Waals surface area contributed by atoms with Crippen molar-refractivity contribution in [2.45, 2.75) is 44.9 Å². The molecule has 0 unspecified atom stereocenters. The standard InChI is InChI=1S/C19H24N4O3/c1-25-15-8-6-14(7-9-15)17-12-23-16(13-26-17)18(20-21-23)19(24)22-10-4-2-3-5-11-22/h6-9,17H,2-5,10-13H2,1H3/t17-/m0/s1. The van der Waals surface area contributed by atoms with Gasteiger partial charge in [0.25, 0.3) is 5.91 Å². The molecule has 2 aromatic rings. The second-order valence-electron chi connectivity index (χ2n) is 6.85. The fraction of sp³-hybridized carbons (Fsp3) is 0.526. The summed E-state index contributed by atoms with van der Waals surface area (Å²) in [5.74, 6) is 0.802. The van der Waals surface area contributed by atoms with Crippen LogP contribution in [0.3, 0.4) is 0 Å². The predicted octanol–water partition coefficient (Wildman–Crippen LogP) is 2.57. The van der Waals surface area contributed by atoms with Gasteiger partial charge in [0.05, 0.1) is 26.0 Å². The molecule has 7 heteroatoms. The van der Waals surface area contributed by atoms with Crippen molar-refractivity contribution in [2.75, 3.05) is 20.2 Å². The predicted molar refractivity (Wildman–Crippen MR) is 94.9 cm³/mol. The Hall–Kier alpha value is -2.41. The zero-order valence-electron chi connectivity index (χ0n) is 15.1. The van der Waals surface area contributed by atoms with E-state index < -0.39 is 0 Å². The minimum Gasteiger partial charge on any atom is -0.497 e. The van der Waals surface area contributed by atoms with Gasteiger partial charge >= 0.3 is 0 Å². The van der Waals surface area contributed by atoms with E-state index in [1.165, 1.54) is 12.8 Å². The molecule has 0 aliphatic carbocycles. The normalized spacial score (nSPS) is 20.3. The highest BCUT2D eigenvalue weighted by Gasteiger charge is 2.30. The molecule has 2 aliphatic rings. The van der Waals surface area contributed by atoms with Crippen molar-refractivity contribution in [1.82, 2.24) is 19.9 Å². The highest BCUT2D eigenvalue weighted by atomic mass is 16.5. The number of hydrogen-bond donors (Lipinski definition) is 0. The summed E-state index contributed by atoms with van der Waals surface area (Å²) in [5, 5.41) is 8.40. The maximum atomic E-state index is 12.8. The van der Waals surface area contributed by atoms with Crippen LogP contribution in [0, 0.1) is 0 Å². The molecule has 1 amide bonds. The summed E-state index contributed by atoms with van der Waals surface area (Å²) >= 11 is 0. The number of fused-ring (bicyclic) bond motifs is 1. The first kappa shape index (κ1) is 17.0. The molecular weight excluding hydrogens is 332 g/mol. The van der Waals surface area contributed by atoms with E-state index in [0.717, 1.165) is 42.9 Å². The molecule has 0 saturated carbocycles. The Morgan fingerprint density at radius 3 is 2.58 bits per heavy atom. The largest absolute Gasteiger partial charge is 0.497 e. The molecule has 0 spiro atoms. The molecule has 0 bridgehead atoms. The Bertz CT molecular complexity index is 764. The first-order valence-electron chi connectivity index (χ1n) is 9.23. The molecule has 0 radical (unpaired) electrons. The zero-order valence-corrected chi connectivity index (χ0v) is 15.1. The number of methoxy groups -OCH3 is 1. The molecule has 1 aromatic heterocycles. The lowest BCUT2D eigenvalue weighted by molar-refractivity contribution is -0.00196. The Kier molecular flexibility index (Phi) is 4.88. The van der Waals surface area contributed by atoms with Gasteiger partial charge in [0.2, 0.25) is 0 Å². The number of benzene rings is 1. The van der Waals surface area contributed by atoms with Gasteiger partial charge in [0.15, 0.2) is 5.69 Å². The highest BCUT2D eigenvalue weighted by Crippen LogP contribution is 2.28. The zero-order chi connectivity index (χ0) is 17.9. The number of aromatic nitrogens is 3. The second kappa shape index (κ2) is 7.45. The average molecular weight is 356 g/mol. The number of carbonyl (C=O) groups is 1. The number of hydrogen-bond acceptors (Lipinski definition) is 5. The van der Waals surface area contributed by atoms with Crippen LogP contribution >= 0.6 is 0 Å². The summed E-state index contributed by atoms with van der Waals surface area (Å²) in [6.07, 6.45) is 4.40. The van der Waals surface area contributed by atoms with Gasteiger partial charge in [0, 0.05) is 13.1 Å². The molecule has 4 rings (SSSR count). The average Bonchev–Trinajstić information content (AvgIpc) is 2.92. The third-order valence-electron chi connectivity index (χ3n) is 5.18. The lowest BCUT2D eigenvalue weighted by Crippen LogP contribution is -2.33. The monoisotopic (exact) mass is 356 g/mol. The molecule has 1 aromatic carbocycles. The van der Waals surface area contributed by atoms with Crippen molar-refractivity contribution in [3.63, 3.8) is 0 Å². The third kappa shape index (κ3) is 3.31. The molecule has 26 heavy (non-hydrogen) atoms. The lowest BCUT2D eigenvalue weighted by Gasteiger charge is -2.25. The number of nitrogens with zero attached hydrogens (tertiary/aromatic N) is 4.